The third kappa shape index (κ3) is 6.06. The lowest BCUT2D eigenvalue weighted by molar-refractivity contribution is -0.384. The zero-order valence-corrected chi connectivity index (χ0v) is 17.7. The minimum absolute atomic E-state index is 0.112. The maximum absolute atomic E-state index is 12.2. The van der Waals surface area contributed by atoms with Gasteiger partial charge in [-0.25, -0.2) is 5.43 Å². The number of halogens is 2. The van der Waals surface area contributed by atoms with Gasteiger partial charge in [-0.15, -0.1) is 11.8 Å². The topological polar surface area (TPSA) is 84.6 Å². The lowest BCUT2D eigenvalue weighted by Gasteiger charge is -2.04. The number of carbonyl (C=O) groups excluding carboxylic acids is 1. The summed E-state index contributed by atoms with van der Waals surface area (Å²) in [5.41, 5.74) is 4.12. The van der Waals surface area contributed by atoms with Gasteiger partial charge in [-0.05, 0) is 48.0 Å². The monoisotopic (exact) mass is 459 g/mol. The van der Waals surface area contributed by atoms with Crippen molar-refractivity contribution in [3.63, 3.8) is 0 Å². The van der Waals surface area contributed by atoms with Gasteiger partial charge in [0, 0.05) is 44.0 Å². The molecule has 0 bridgehead atoms. The highest BCUT2D eigenvalue weighted by Gasteiger charge is 2.09. The van der Waals surface area contributed by atoms with Crippen LogP contribution in [0, 0.1) is 10.1 Å². The molecule has 0 aromatic heterocycles. The van der Waals surface area contributed by atoms with Gasteiger partial charge in [0.05, 0.1) is 11.1 Å². The van der Waals surface area contributed by atoms with Gasteiger partial charge in [0.25, 0.3) is 11.6 Å². The summed E-state index contributed by atoms with van der Waals surface area (Å²) in [6.07, 6.45) is 1.27. The van der Waals surface area contributed by atoms with Crippen LogP contribution in [-0.4, -0.2) is 17.0 Å². The second-order valence-corrected chi connectivity index (χ2v) is 7.99. The zero-order chi connectivity index (χ0) is 21.5. The Balaban J connectivity index is 1.57. The van der Waals surface area contributed by atoms with Crippen molar-refractivity contribution in [1.29, 1.82) is 0 Å². The van der Waals surface area contributed by atoms with Crippen molar-refractivity contribution >= 4 is 52.8 Å². The smallest absolute Gasteiger partial charge is 0.267 e. The van der Waals surface area contributed by atoms with Crippen LogP contribution in [0.1, 0.15) is 21.5 Å². The number of thioether (sulfide) groups is 1. The van der Waals surface area contributed by atoms with E-state index in [-0.39, 0.29) is 5.69 Å². The van der Waals surface area contributed by atoms with Crippen LogP contribution in [0.3, 0.4) is 0 Å². The molecule has 9 heteroatoms. The SMILES string of the molecule is O=C(N/N=C\c1cc([N+](=O)[O-])ccc1Cl)c1ccc(CSc2ccc(Cl)cc2)cc1. The van der Waals surface area contributed by atoms with Gasteiger partial charge in [-0.1, -0.05) is 35.3 Å². The molecule has 152 valence electrons. The fourth-order valence-electron chi connectivity index (χ4n) is 2.42. The van der Waals surface area contributed by atoms with Gasteiger partial charge in [-0.3, -0.25) is 14.9 Å². The summed E-state index contributed by atoms with van der Waals surface area (Å²) in [7, 11) is 0. The molecule has 0 spiro atoms. The molecule has 0 atom stereocenters. The number of amides is 1. The van der Waals surface area contributed by atoms with Gasteiger partial charge in [0.1, 0.15) is 0 Å². The van der Waals surface area contributed by atoms with E-state index in [1.54, 1.807) is 23.9 Å². The van der Waals surface area contributed by atoms with Crippen LogP contribution in [0.15, 0.2) is 76.7 Å². The first kappa shape index (κ1) is 21.8. The van der Waals surface area contributed by atoms with E-state index in [1.165, 1.54) is 24.4 Å². The van der Waals surface area contributed by atoms with Crippen LogP contribution >= 0.6 is 35.0 Å². The number of nitrogens with zero attached hydrogens (tertiary/aromatic N) is 2. The van der Waals surface area contributed by atoms with E-state index in [1.807, 2.05) is 36.4 Å². The molecule has 0 saturated heterocycles. The standard InChI is InChI=1S/C21H15Cl2N3O3S/c22-17-5-8-19(9-6-17)30-13-14-1-3-15(4-2-14)21(27)25-24-12-16-11-18(26(28)29)7-10-20(16)23/h1-12H,13H2,(H,25,27)/b24-12-. The maximum Gasteiger partial charge on any atom is 0.271 e. The number of hydrogen-bond acceptors (Lipinski definition) is 5. The summed E-state index contributed by atoms with van der Waals surface area (Å²) in [6.45, 7) is 0. The number of nitro benzene ring substituents is 1. The van der Waals surface area contributed by atoms with Crippen molar-refractivity contribution in [2.75, 3.05) is 0 Å². The summed E-state index contributed by atoms with van der Waals surface area (Å²) in [5, 5.41) is 15.7. The highest BCUT2D eigenvalue weighted by atomic mass is 35.5. The van der Waals surface area contributed by atoms with E-state index in [0.29, 0.717) is 21.2 Å². The van der Waals surface area contributed by atoms with E-state index in [2.05, 4.69) is 10.5 Å². The summed E-state index contributed by atoms with van der Waals surface area (Å²) in [4.78, 5) is 23.7. The molecule has 0 saturated carbocycles. The van der Waals surface area contributed by atoms with Crippen molar-refractivity contribution in [2.24, 2.45) is 5.10 Å². The molecule has 0 heterocycles. The Hall–Kier alpha value is -2.87. The van der Waals surface area contributed by atoms with Gasteiger partial charge in [0.15, 0.2) is 0 Å². The molecule has 1 amide bonds. The number of nitrogens with one attached hydrogen (secondary N) is 1. The molecule has 0 aliphatic heterocycles. The molecule has 0 unspecified atom stereocenters. The predicted molar refractivity (Wildman–Crippen MR) is 121 cm³/mol. The average Bonchev–Trinajstić information content (AvgIpc) is 2.74. The minimum atomic E-state index is -0.529. The Morgan fingerprint density at radius 3 is 2.43 bits per heavy atom. The van der Waals surface area contributed by atoms with Gasteiger partial charge in [-0.2, -0.15) is 5.10 Å². The van der Waals surface area contributed by atoms with Gasteiger partial charge >= 0.3 is 0 Å². The van der Waals surface area contributed by atoms with Gasteiger partial charge in [0.2, 0.25) is 0 Å². The Bertz CT molecular complexity index is 1090. The molecule has 0 fully saturated rings. The summed E-state index contributed by atoms with van der Waals surface area (Å²) < 4.78 is 0. The molecule has 1 N–H and O–H groups in total. The number of benzene rings is 3. The summed E-state index contributed by atoms with van der Waals surface area (Å²) in [5.74, 6) is 0.358. The highest BCUT2D eigenvalue weighted by molar-refractivity contribution is 7.98. The van der Waals surface area contributed by atoms with E-state index in [0.717, 1.165) is 16.2 Å². The molecule has 0 aliphatic carbocycles. The number of rotatable bonds is 7. The van der Waals surface area contributed by atoms with Crippen molar-refractivity contribution < 1.29 is 9.72 Å². The van der Waals surface area contributed by atoms with E-state index in [9.17, 15) is 14.9 Å². The number of carbonyl (C=O) groups is 1. The normalized spacial score (nSPS) is 10.9. The quantitative estimate of drug-likeness (QED) is 0.204. The molecular weight excluding hydrogens is 445 g/mol. The van der Waals surface area contributed by atoms with Crippen LogP contribution < -0.4 is 5.43 Å². The molecule has 30 heavy (non-hydrogen) atoms. The Morgan fingerprint density at radius 1 is 1.07 bits per heavy atom. The largest absolute Gasteiger partial charge is 0.271 e. The Labute approximate surface area is 187 Å². The number of hydrazone groups is 1. The highest BCUT2D eigenvalue weighted by Crippen LogP contribution is 2.24. The number of nitro groups is 1. The minimum Gasteiger partial charge on any atom is -0.267 e. The van der Waals surface area contributed by atoms with Gasteiger partial charge < -0.3 is 0 Å². The lowest BCUT2D eigenvalue weighted by Crippen LogP contribution is -2.17. The Morgan fingerprint density at radius 2 is 1.77 bits per heavy atom. The molecule has 0 aliphatic rings. The molecule has 3 rings (SSSR count). The van der Waals surface area contributed by atoms with E-state index >= 15 is 0 Å². The van der Waals surface area contributed by atoms with Crippen LogP contribution in [0.4, 0.5) is 5.69 Å². The first-order valence-electron chi connectivity index (χ1n) is 8.67. The molecule has 0 radical (unpaired) electrons. The van der Waals surface area contributed by atoms with E-state index < -0.39 is 10.8 Å². The predicted octanol–water partition coefficient (Wildman–Crippen LogP) is 5.96. The van der Waals surface area contributed by atoms with Crippen LogP contribution in [-0.2, 0) is 5.75 Å². The third-order valence-electron chi connectivity index (χ3n) is 4.00. The van der Waals surface area contributed by atoms with Crippen molar-refractivity contribution in [2.45, 2.75) is 10.6 Å². The van der Waals surface area contributed by atoms with Crippen molar-refractivity contribution in [3.05, 3.63) is 104 Å². The lowest BCUT2D eigenvalue weighted by atomic mass is 10.1. The summed E-state index contributed by atoms with van der Waals surface area (Å²) in [6, 6.07) is 18.8. The summed E-state index contributed by atoms with van der Waals surface area (Å²) >= 11 is 13.5. The van der Waals surface area contributed by atoms with Crippen molar-refractivity contribution in [1.82, 2.24) is 5.43 Å². The molecule has 3 aromatic rings. The fraction of sp³-hybridized carbons (Fsp3) is 0.0476. The fourth-order valence-corrected chi connectivity index (χ4v) is 3.57. The first-order valence-corrected chi connectivity index (χ1v) is 10.4. The zero-order valence-electron chi connectivity index (χ0n) is 15.4. The second kappa shape index (κ2) is 10.2. The van der Waals surface area contributed by atoms with Crippen molar-refractivity contribution in [3.8, 4) is 0 Å². The molecule has 3 aromatic carbocycles. The van der Waals surface area contributed by atoms with Crippen LogP contribution in [0.2, 0.25) is 10.0 Å². The maximum atomic E-state index is 12.2. The number of hydrogen-bond donors (Lipinski definition) is 1. The number of non-ortho nitro benzene ring substituents is 1. The second-order valence-electron chi connectivity index (χ2n) is 6.10. The average molecular weight is 460 g/mol. The first-order chi connectivity index (χ1) is 14.4. The van der Waals surface area contributed by atoms with E-state index in [4.69, 9.17) is 23.2 Å². The van der Waals surface area contributed by atoms with Crippen LogP contribution in [0.25, 0.3) is 0 Å². The van der Waals surface area contributed by atoms with Crippen LogP contribution in [0.5, 0.6) is 0 Å². The third-order valence-corrected chi connectivity index (χ3v) is 5.67. The molecular formula is C21H15Cl2N3O3S. The molecule has 6 nitrogen and oxygen atoms in total. The Kier molecular flexibility index (Phi) is 7.46.